The molecular weight excluding hydrogens is 548 g/mol. The fraction of sp³-hybridized carbons (Fsp3) is 0.0556. The molecule has 0 unspecified atom stereocenters. The van der Waals surface area contributed by atoms with Crippen molar-refractivity contribution in [1.82, 2.24) is 10.6 Å². The third-order valence-corrected chi connectivity index (χ3v) is 5.28. The Balaban J connectivity index is 1.81. The molecule has 0 aliphatic carbocycles. The lowest BCUT2D eigenvalue weighted by atomic mass is 10.1. The van der Waals surface area contributed by atoms with Crippen molar-refractivity contribution in [3.05, 3.63) is 66.5 Å². The summed E-state index contributed by atoms with van der Waals surface area (Å²) in [6.45, 7) is 0.373. The summed E-state index contributed by atoms with van der Waals surface area (Å²) in [4.78, 5) is 34.8. The van der Waals surface area contributed by atoms with E-state index in [2.05, 4.69) is 47.8 Å². The number of hydrogen-bond donors (Lipinski definition) is 2. The number of ether oxygens (including phenoxy) is 1. The number of carbonyl (C=O) groups is 3. The number of rotatable bonds is 4. The van der Waals surface area contributed by atoms with Gasteiger partial charge in [-0.2, -0.15) is 0 Å². The lowest BCUT2D eigenvalue weighted by molar-refractivity contribution is -0.123. The molecule has 1 aliphatic rings. The summed E-state index contributed by atoms with van der Waals surface area (Å²) in [6.07, 6.45) is 1.39. The van der Waals surface area contributed by atoms with Gasteiger partial charge in [0.15, 0.2) is 0 Å². The summed E-state index contributed by atoms with van der Waals surface area (Å²) in [5.41, 5.74) is 1.43. The lowest BCUT2D eigenvalue weighted by Gasteiger charge is -2.15. The Labute approximate surface area is 179 Å². The van der Waals surface area contributed by atoms with Crippen molar-refractivity contribution >= 4 is 71.7 Å². The molecule has 138 valence electrons. The molecule has 0 aromatic heterocycles. The molecular formula is C18H11Br3N2O4. The first-order valence-corrected chi connectivity index (χ1v) is 9.96. The van der Waals surface area contributed by atoms with E-state index in [0.29, 0.717) is 26.9 Å². The van der Waals surface area contributed by atoms with E-state index in [1.807, 2.05) is 34.9 Å². The zero-order valence-electron chi connectivity index (χ0n) is 13.5. The average molecular weight is 559 g/mol. The molecule has 27 heavy (non-hydrogen) atoms. The van der Waals surface area contributed by atoms with Crippen LogP contribution in [0.1, 0.15) is 11.1 Å². The van der Waals surface area contributed by atoms with Crippen molar-refractivity contribution < 1.29 is 19.1 Å². The van der Waals surface area contributed by atoms with Gasteiger partial charge in [0.05, 0.1) is 8.95 Å². The molecule has 0 bridgehead atoms. The normalized spacial score (nSPS) is 13.9. The van der Waals surface area contributed by atoms with Gasteiger partial charge >= 0.3 is 6.03 Å². The van der Waals surface area contributed by atoms with E-state index in [4.69, 9.17) is 4.74 Å². The topological polar surface area (TPSA) is 84.5 Å². The second kappa shape index (κ2) is 8.37. The van der Waals surface area contributed by atoms with Crippen molar-refractivity contribution in [3.63, 3.8) is 0 Å². The Hall–Kier alpha value is -1.97. The zero-order valence-corrected chi connectivity index (χ0v) is 18.3. The molecule has 1 aliphatic heterocycles. The summed E-state index contributed by atoms with van der Waals surface area (Å²) in [6, 6.07) is 10.4. The van der Waals surface area contributed by atoms with E-state index in [1.165, 1.54) is 6.08 Å². The summed E-state index contributed by atoms with van der Waals surface area (Å²) in [7, 11) is 0. The monoisotopic (exact) mass is 556 g/mol. The molecule has 1 saturated heterocycles. The van der Waals surface area contributed by atoms with Crippen LogP contribution in [0.3, 0.4) is 0 Å². The first-order chi connectivity index (χ1) is 12.8. The van der Waals surface area contributed by atoms with Gasteiger partial charge in [0, 0.05) is 4.47 Å². The predicted octanol–water partition coefficient (Wildman–Crippen LogP) is 4.30. The van der Waals surface area contributed by atoms with Gasteiger partial charge < -0.3 is 4.74 Å². The Kier molecular flexibility index (Phi) is 6.13. The van der Waals surface area contributed by atoms with Crippen LogP contribution < -0.4 is 15.4 Å². The maximum absolute atomic E-state index is 11.8. The molecule has 2 aromatic carbocycles. The first-order valence-electron chi connectivity index (χ1n) is 7.58. The van der Waals surface area contributed by atoms with E-state index in [1.54, 1.807) is 12.1 Å². The molecule has 6 nitrogen and oxygen atoms in total. The van der Waals surface area contributed by atoms with Crippen molar-refractivity contribution in [3.8, 4) is 5.75 Å². The van der Waals surface area contributed by atoms with Crippen LogP contribution in [0.2, 0.25) is 0 Å². The van der Waals surface area contributed by atoms with Crippen LogP contribution >= 0.6 is 47.8 Å². The van der Waals surface area contributed by atoms with Gasteiger partial charge in [-0.1, -0.05) is 28.1 Å². The van der Waals surface area contributed by atoms with Gasteiger partial charge in [-0.3, -0.25) is 20.2 Å². The van der Waals surface area contributed by atoms with Gasteiger partial charge in [-0.15, -0.1) is 0 Å². The van der Waals surface area contributed by atoms with Crippen LogP contribution in [0.15, 0.2) is 55.4 Å². The standard InChI is InChI=1S/C18H11Br3N2O4/c19-11-3-1-9(2-4-11)8-27-15-13(20)6-10(7-14(15)21)5-12-16(24)22-18(26)23-17(12)25/h1-7H,8H2,(H2,22,23,24,25,26). The Morgan fingerprint density at radius 1 is 0.889 bits per heavy atom. The molecule has 4 amide bonds. The summed E-state index contributed by atoms with van der Waals surface area (Å²) in [5, 5.41) is 4.07. The Morgan fingerprint density at radius 2 is 1.44 bits per heavy atom. The van der Waals surface area contributed by atoms with E-state index in [9.17, 15) is 14.4 Å². The molecule has 3 rings (SSSR count). The summed E-state index contributed by atoms with van der Waals surface area (Å²) >= 11 is 10.3. The molecule has 2 aromatic rings. The van der Waals surface area contributed by atoms with Gasteiger partial charge in [-0.25, -0.2) is 4.79 Å². The van der Waals surface area contributed by atoms with E-state index in [0.717, 1.165) is 10.0 Å². The fourth-order valence-corrected chi connectivity index (χ4v) is 4.02. The number of carbonyl (C=O) groups excluding carboxylic acids is 3. The minimum Gasteiger partial charge on any atom is -0.487 e. The molecule has 0 radical (unpaired) electrons. The largest absolute Gasteiger partial charge is 0.487 e. The molecule has 1 heterocycles. The minimum absolute atomic E-state index is 0.156. The molecule has 1 fully saturated rings. The second-order valence-corrected chi connectivity index (χ2v) is 8.15. The van der Waals surface area contributed by atoms with Crippen LogP contribution in [0.25, 0.3) is 6.08 Å². The van der Waals surface area contributed by atoms with E-state index in [-0.39, 0.29) is 5.57 Å². The minimum atomic E-state index is -0.832. The van der Waals surface area contributed by atoms with Crippen LogP contribution in [0.5, 0.6) is 5.75 Å². The third kappa shape index (κ3) is 4.85. The Morgan fingerprint density at radius 3 is 2.00 bits per heavy atom. The quantitative estimate of drug-likeness (QED) is 0.433. The highest BCUT2D eigenvalue weighted by Crippen LogP contribution is 2.36. The number of imide groups is 2. The van der Waals surface area contributed by atoms with Gasteiger partial charge in [0.1, 0.15) is 17.9 Å². The molecule has 0 spiro atoms. The highest BCUT2D eigenvalue weighted by molar-refractivity contribution is 9.11. The molecule has 0 atom stereocenters. The number of halogens is 3. The second-order valence-electron chi connectivity index (χ2n) is 5.52. The maximum Gasteiger partial charge on any atom is 0.328 e. The summed E-state index contributed by atoms with van der Waals surface area (Å²) < 4.78 is 8.14. The number of amides is 4. The number of benzene rings is 2. The van der Waals surface area contributed by atoms with Crippen molar-refractivity contribution in [2.45, 2.75) is 6.61 Å². The third-order valence-electron chi connectivity index (χ3n) is 3.57. The first kappa shape index (κ1) is 19.8. The lowest BCUT2D eigenvalue weighted by Crippen LogP contribution is -2.51. The van der Waals surface area contributed by atoms with Gasteiger partial charge in [-0.05, 0) is 73.3 Å². The fourth-order valence-electron chi connectivity index (χ4n) is 2.31. The molecule has 2 N–H and O–H groups in total. The number of hydrogen-bond acceptors (Lipinski definition) is 4. The van der Waals surface area contributed by atoms with Crippen molar-refractivity contribution in [2.75, 3.05) is 0 Å². The van der Waals surface area contributed by atoms with E-state index < -0.39 is 17.8 Å². The van der Waals surface area contributed by atoms with Crippen LogP contribution in [-0.4, -0.2) is 17.8 Å². The maximum atomic E-state index is 11.8. The zero-order chi connectivity index (χ0) is 19.6. The van der Waals surface area contributed by atoms with Crippen molar-refractivity contribution in [1.29, 1.82) is 0 Å². The van der Waals surface area contributed by atoms with E-state index >= 15 is 0 Å². The van der Waals surface area contributed by atoms with Crippen LogP contribution in [0, 0.1) is 0 Å². The average Bonchev–Trinajstić information content (AvgIpc) is 2.59. The smallest absolute Gasteiger partial charge is 0.328 e. The SMILES string of the molecule is O=C1NC(=O)C(=Cc2cc(Br)c(OCc3ccc(Br)cc3)c(Br)c2)C(=O)N1. The highest BCUT2D eigenvalue weighted by atomic mass is 79.9. The molecule has 0 saturated carbocycles. The predicted molar refractivity (Wildman–Crippen MR) is 110 cm³/mol. The van der Waals surface area contributed by atoms with Crippen LogP contribution in [0.4, 0.5) is 4.79 Å². The number of barbiturate groups is 1. The highest BCUT2D eigenvalue weighted by Gasteiger charge is 2.27. The molecule has 9 heteroatoms. The van der Waals surface area contributed by atoms with Crippen LogP contribution in [-0.2, 0) is 16.2 Å². The van der Waals surface area contributed by atoms with Crippen molar-refractivity contribution in [2.24, 2.45) is 0 Å². The van der Waals surface area contributed by atoms with Gasteiger partial charge in [0.25, 0.3) is 11.8 Å². The van der Waals surface area contributed by atoms with Gasteiger partial charge in [0.2, 0.25) is 0 Å². The number of nitrogens with one attached hydrogen (secondary N) is 2. The number of urea groups is 1. The summed E-state index contributed by atoms with van der Waals surface area (Å²) in [5.74, 6) is -0.897. The Bertz CT molecular complexity index is 926.